The van der Waals surface area contributed by atoms with E-state index in [-0.39, 0.29) is 17.8 Å². The van der Waals surface area contributed by atoms with Gasteiger partial charge >= 0.3 is 0 Å². The molecule has 82 valence electrons. The third kappa shape index (κ3) is 2.25. The highest BCUT2D eigenvalue weighted by molar-refractivity contribution is 5.96. The molecular weight excluding hydrogens is 213 g/mol. The number of rotatable bonds is 3. The average molecular weight is 221 g/mol. The van der Waals surface area contributed by atoms with Gasteiger partial charge in [0.25, 0.3) is 0 Å². The molecule has 0 unspecified atom stereocenters. The van der Waals surface area contributed by atoms with Crippen LogP contribution in [0.1, 0.15) is 16.2 Å². The maximum atomic E-state index is 12.8. The molecular formula is C9H8FN5O. The zero-order valence-corrected chi connectivity index (χ0v) is 8.46. The number of ketones is 1. The molecule has 2 rings (SSSR count). The van der Waals surface area contributed by atoms with Crippen molar-refractivity contribution in [3.63, 3.8) is 0 Å². The molecule has 0 aliphatic carbocycles. The predicted molar refractivity (Wildman–Crippen MR) is 51.0 cm³/mol. The van der Waals surface area contributed by atoms with Crippen LogP contribution in [0.3, 0.4) is 0 Å². The lowest BCUT2D eigenvalue weighted by Gasteiger charge is -1.96. The van der Waals surface area contributed by atoms with Crippen molar-refractivity contribution in [3.05, 3.63) is 35.7 Å². The Morgan fingerprint density at radius 3 is 2.94 bits per heavy atom. The summed E-state index contributed by atoms with van der Waals surface area (Å²) in [5.74, 6) is -0.533. The van der Waals surface area contributed by atoms with Crippen molar-refractivity contribution in [1.29, 1.82) is 0 Å². The highest BCUT2D eigenvalue weighted by Crippen LogP contribution is 2.04. The molecule has 0 amide bonds. The zero-order chi connectivity index (χ0) is 11.5. The molecule has 0 aromatic carbocycles. The zero-order valence-electron chi connectivity index (χ0n) is 8.46. The first-order chi connectivity index (χ1) is 7.65. The van der Waals surface area contributed by atoms with Gasteiger partial charge in [-0.1, -0.05) is 0 Å². The normalized spacial score (nSPS) is 10.4. The monoisotopic (exact) mass is 221 g/mol. The summed E-state index contributed by atoms with van der Waals surface area (Å²) >= 11 is 0. The molecule has 16 heavy (non-hydrogen) atoms. The van der Waals surface area contributed by atoms with Gasteiger partial charge in [-0.2, -0.15) is 4.80 Å². The number of carbonyl (C=O) groups is 1. The van der Waals surface area contributed by atoms with Crippen LogP contribution in [-0.4, -0.2) is 31.0 Å². The highest BCUT2D eigenvalue weighted by atomic mass is 19.1. The van der Waals surface area contributed by atoms with Crippen LogP contribution in [0.5, 0.6) is 0 Å². The van der Waals surface area contributed by atoms with Crippen molar-refractivity contribution in [2.45, 2.75) is 6.42 Å². The van der Waals surface area contributed by atoms with Crippen molar-refractivity contribution >= 4 is 5.78 Å². The molecule has 2 heterocycles. The SMILES string of the molecule is Cn1nnc(CC(=O)c2cncc(F)c2)n1. The van der Waals surface area contributed by atoms with Crippen LogP contribution in [-0.2, 0) is 13.5 Å². The smallest absolute Gasteiger partial charge is 0.182 e. The summed E-state index contributed by atoms with van der Waals surface area (Å²) in [5, 5.41) is 11.1. The molecule has 6 nitrogen and oxygen atoms in total. The number of aromatic nitrogens is 5. The fraction of sp³-hybridized carbons (Fsp3) is 0.222. The fourth-order valence-corrected chi connectivity index (χ4v) is 1.20. The Balaban J connectivity index is 2.14. The van der Waals surface area contributed by atoms with Crippen molar-refractivity contribution < 1.29 is 9.18 Å². The molecule has 0 fully saturated rings. The lowest BCUT2D eigenvalue weighted by atomic mass is 10.1. The number of halogens is 1. The van der Waals surface area contributed by atoms with Crippen LogP contribution in [0, 0.1) is 5.82 Å². The molecule has 2 aromatic heterocycles. The molecule has 7 heteroatoms. The van der Waals surface area contributed by atoms with E-state index in [1.807, 2.05) is 0 Å². The van der Waals surface area contributed by atoms with Gasteiger partial charge in [0.1, 0.15) is 5.82 Å². The van der Waals surface area contributed by atoms with Gasteiger partial charge in [-0.15, -0.1) is 10.2 Å². The van der Waals surface area contributed by atoms with Gasteiger partial charge in [0.15, 0.2) is 11.6 Å². The van der Waals surface area contributed by atoms with Gasteiger partial charge in [0.05, 0.1) is 19.7 Å². The van der Waals surface area contributed by atoms with Crippen molar-refractivity contribution in [2.24, 2.45) is 7.05 Å². The summed E-state index contributed by atoms with van der Waals surface area (Å²) in [6.45, 7) is 0. The van der Waals surface area contributed by atoms with Crippen LogP contribution in [0.2, 0.25) is 0 Å². The number of hydrogen-bond donors (Lipinski definition) is 0. The van der Waals surface area contributed by atoms with Gasteiger partial charge in [0, 0.05) is 11.8 Å². The minimum absolute atomic E-state index is 0.0149. The Hall–Kier alpha value is -2.18. The molecule has 0 radical (unpaired) electrons. The van der Waals surface area contributed by atoms with E-state index in [1.54, 1.807) is 7.05 Å². The second-order valence-electron chi connectivity index (χ2n) is 3.19. The van der Waals surface area contributed by atoms with Crippen LogP contribution in [0.25, 0.3) is 0 Å². The van der Waals surface area contributed by atoms with E-state index in [9.17, 15) is 9.18 Å². The van der Waals surface area contributed by atoms with E-state index in [2.05, 4.69) is 20.4 Å². The third-order valence-electron chi connectivity index (χ3n) is 1.90. The molecule has 0 aliphatic heterocycles. The predicted octanol–water partition coefficient (Wildman–Crippen LogP) is 0.170. The van der Waals surface area contributed by atoms with E-state index in [0.717, 1.165) is 12.3 Å². The van der Waals surface area contributed by atoms with Crippen LogP contribution in [0.15, 0.2) is 18.5 Å². The van der Waals surface area contributed by atoms with E-state index in [1.165, 1.54) is 11.0 Å². The first-order valence-electron chi connectivity index (χ1n) is 4.52. The standard InChI is InChI=1S/C9H8FN5O/c1-15-13-9(12-14-15)3-8(16)6-2-7(10)5-11-4-6/h2,4-5H,3H2,1H3. The Morgan fingerprint density at radius 2 is 2.31 bits per heavy atom. The van der Waals surface area contributed by atoms with Gasteiger partial charge in [-0.05, 0) is 11.3 Å². The van der Waals surface area contributed by atoms with Crippen LogP contribution in [0.4, 0.5) is 4.39 Å². The average Bonchev–Trinajstić information content (AvgIpc) is 2.64. The summed E-state index contributed by atoms with van der Waals surface area (Å²) in [5.41, 5.74) is 0.201. The fourth-order valence-electron chi connectivity index (χ4n) is 1.20. The summed E-state index contributed by atoms with van der Waals surface area (Å²) in [4.78, 5) is 16.5. The largest absolute Gasteiger partial charge is 0.294 e. The lowest BCUT2D eigenvalue weighted by Crippen LogP contribution is -2.06. The van der Waals surface area contributed by atoms with E-state index in [0.29, 0.717) is 5.82 Å². The maximum absolute atomic E-state index is 12.8. The summed E-state index contributed by atoms with van der Waals surface area (Å²) in [7, 11) is 1.60. The molecule has 0 atom stereocenters. The Labute approximate surface area is 90.1 Å². The third-order valence-corrected chi connectivity index (χ3v) is 1.90. The van der Waals surface area contributed by atoms with Crippen molar-refractivity contribution in [3.8, 4) is 0 Å². The Bertz CT molecular complexity index is 524. The van der Waals surface area contributed by atoms with Crippen LogP contribution < -0.4 is 0 Å². The number of tetrazole rings is 1. The molecule has 0 bridgehead atoms. The maximum Gasteiger partial charge on any atom is 0.182 e. The minimum atomic E-state index is -0.544. The molecule has 0 saturated carbocycles. The van der Waals surface area contributed by atoms with Gasteiger partial charge in [0.2, 0.25) is 0 Å². The first-order valence-corrected chi connectivity index (χ1v) is 4.52. The number of pyridine rings is 1. The van der Waals surface area contributed by atoms with Crippen LogP contribution >= 0.6 is 0 Å². The Morgan fingerprint density at radius 1 is 1.50 bits per heavy atom. The van der Waals surface area contributed by atoms with Crippen molar-refractivity contribution in [2.75, 3.05) is 0 Å². The Kier molecular flexibility index (Phi) is 2.67. The van der Waals surface area contributed by atoms with Gasteiger partial charge in [-0.3, -0.25) is 9.78 Å². The number of hydrogen-bond acceptors (Lipinski definition) is 5. The lowest BCUT2D eigenvalue weighted by molar-refractivity contribution is 0.0990. The second-order valence-corrected chi connectivity index (χ2v) is 3.19. The second kappa shape index (κ2) is 4.13. The molecule has 0 aliphatic rings. The van der Waals surface area contributed by atoms with Crippen molar-refractivity contribution in [1.82, 2.24) is 25.2 Å². The molecule has 0 saturated heterocycles. The summed E-state index contributed by atoms with van der Waals surface area (Å²) in [6, 6.07) is 1.13. The first kappa shape index (κ1) is 10.3. The molecule has 0 N–H and O–H groups in total. The van der Waals surface area contributed by atoms with Gasteiger partial charge in [-0.25, -0.2) is 4.39 Å². The van der Waals surface area contributed by atoms with E-state index in [4.69, 9.17) is 0 Å². The number of nitrogens with zero attached hydrogens (tertiary/aromatic N) is 5. The summed E-state index contributed by atoms with van der Waals surface area (Å²) in [6.07, 6.45) is 2.33. The topological polar surface area (TPSA) is 73.6 Å². The quantitative estimate of drug-likeness (QED) is 0.691. The van der Waals surface area contributed by atoms with Gasteiger partial charge < -0.3 is 0 Å². The van der Waals surface area contributed by atoms with E-state index < -0.39 is 5.82 Å². The summed E-state index contributed by atoms with van der Waals surface area (Å²) < 4.78 is 12.8. The number of aryl methyl sites for hydroxylation is 1. The van der Waals surface area contributed by atoms with E-state index >= 15 is 0 Å². The number of Topliss-reactive ketones (excluding diaryl/α,β-unsaturated/α-hetero) is 1. The highest BCUT2D eigenvalue weighted by Gasteiger charge is 2.11. The molecule has 0 spiro atoms. The number of carbonyl (C=O) groups excluding carboxylic acids is 1. The minimum Gasteiger partial charge on any atom is -0.294 e. The molecule has 2 aromatic rings.